The minimum absolute atomic E-state index is 0.0811. The van der Waals surface area contributed by atoms with Gasteiger partial charge in [0.2, 0.25) is 6.41 Å². The number of carbonyl (C=O) groups excluding carboxylic acids is 2. The second-order valence-corrected chi connectivity index (χ2v) is 14.8. The Morgan fingerprint density at radius 3 is 1.94 bits per heavy atom. The van der Waals surface area contributed by atoms with Crippen LogP contribution >= 0.6 is 11.3 Å². The SMILES string of the molecule is CCCCCCCCCCCCCCCCCCCC(=O)OCOC.Cc1cc2c(s1)N(C=O)c1ccccc1N=C2N1CCN(C)CC1. The number of thiophene rings is 1. The highest BCUT2D eigenvalue weighted by molar-refractivity contribution is 7.16. The van der Waals surface area contributed by atoms with Crippen LogP contribution in [-0.2, 0) is 19.1 Å². The van der Waals surface area contributed by atoms with Gasteiger partial charge in [0.15, 0.2) is 6.79 Å². The summed E-state index contributed by atoms with van der Waals surface area (Å²) in [6.07, 6.45) is 24.5. The zero-order valence-corrected chi connectivity index (χ0v) is 31.9. The first-order valence-corrected chi connectivity index (χ1v) is 19.9. The molecular formula is C40H64N4O4S. The molecule has 49 heavy (non-hydrogen) atoms. The van der Waals surface area contributed by atoms with Gasteiger partial charge < -0.3 is 19.3 Å². The quantitative estimate of drug-likeness (QED) is 0.0560. The van der Waals surface area contributed by atoms with E-state index in [1.165, 1.54) is 108 Å². The van der Waals surface area contributed by atoms with Crippen LogP contribution in [0.25, 0.3) is 0 Å². The lowest BCUT2D eigenvalue weighted by atomic mass is 10.0. The van der Waals surface area contributed by atoms with Crippen LogP contribution in [0.4, 0.5) is 16.4 Å². The molecule has 8 nitrogen and oxygen atoms in total. The number of aliphatic imine (C=N–C) groups is 1. The van der Waals surface area contributed by atoms with Gasteiger partial charge >= 0.3 is 5.97 Å². The summed E-state index contributed by atoms with van der Waals surface area (Å²) in [5.41, 5.74) is 2.75. The lowest BCUT2D eigenvalue weighted by molar-refractivity contribution is -0.154. The van der Waals surface area contributed by atoms with Crippen molar-refractivity contribution >= 4 is 45.9 Å². The van der Waals surface area contributed by atoms with Gasteiger partial charge in [0.25, 0.3) is 0 Å². The van der Waals surface area contributed by atoms with Crippen molar-refractivity contribution in [3.63, 3.8) is 0 Å². The number of para-hydroxylation sites is 2. The van der Waals surface area contributed by atoms with Crippen LogP contribution in [0.2, 0.25) is 0 Å². The van der Waals surface area contributed by atoms with Crippen molar-refractivity contribution in [2.45, 2.75) is 129 Å². The zero-order valence-electron chi connectivity index (χ0n) is 31.1. The predicted octanol–water partition coefficient (Wildman–Crippen LogP) is 10.2. The molecular weight excluding hydrogens is 633 g/mol. The molecule has 0 unspecified atom stereocenters. The average Bonchev–Trinajstić information content (AvgIpc) is 3.44. The number of hydrogen-bond donors (Lipinski definition) is 0. The van der Waals surface area contributed by atoms with Crippen molar-refractivity contribution in [3.8, 4) is 0 Å². The number of methoxy groups -OCH3 is 1. The van der Waals surface area contributed by atoms with E-state index in [4.69, 9.17) is 14.5 Å². The molecule has 1 amide bonds. The fourth-order valence-corrected chi connectivity index (χ4v) is 7.42. The third-order valence-electron chi connectivity index (χ3n) is 9.39. The lowest BCUT2D eigenvalue weighted by Gasteiger charge is -2.34. The maximum absolute atomic E-state index is 11.8. The van der Waals surface area contributed by atoms with Crippen LogP contribution in [0.5, 0.6) is 0 Å². The Morgan fingerprint density at radius 1 is 0.837 bits per heavy atom. The van der Waals surface area contributed by atoms with Gasteiger partial charge in [-0.05, 0) is 38.6 Å². The minimum Gasteiger partial charge on any atom is -0.438 e. The molecule has 0 saturated carbocycles. The molecule has 274 valence electrons. The average molecular weight is 697 g/mol. The van der Waals surface area contributed by atoms with Crippen molar-refractivity contribution in [1.29, 1.82) is 0 Å². The van der Waals surface area contributed by atoms with E-state index >= 15 is 0 Å². The molecule has 0 aliphatic carbocycles. The van der Waals surface area contributed by atoms with Crippen LogP contribution < -0.4 is 4.90 Å². The summed E-state index contributed by atoms with van der Waals surface area (Å²) >= 11 is 1.64. The Balaban J connectivity index is 0.000000265. The molecule has 0 N–H and O–H groups in total. The number of unbranched alkanes of at least 4 members (excludes halogenated alkanes) is 16. The number of benzene rings is 1. The number of ether oxygens (including phenoxy) is 2. The van der Waals surface area contributed by atoms with Crippen molar-refractivity contribution in [3.05, 3.63) is 40.8 Å². The summed E-state index contributed by atoms with van der Waals surface area (Å²) in [4.78, 5) is 35.7. The van der Waals surface area contributed by atoms with E-state index in [1.807, 2.05) is 24.3 Å². The summed E-state index contributed by atoms with van der Waals surface area (Å²) in [5, 5.41) is 0.963. The molecule has 4 rings (SSSR count). The monoisotopic (exact) mass is 696 g/mol. The summed E-state index contributed by atoms with van der Waals surface area (Å²) in [7, 11) is 3.68. The number of rotatable bonds is 21. The molecule has 2 aromatic rings. The second kappa shape index (κ2) is 24.4. The molecule has 0 bridgehead atoms. The van der Waals surface area contributed by atoms with E-state index in [0.717, 1.165) is 73.2 Å². The van der Waals surface area contributed by atoms with Crippen molar-refractivity contribution in [2.24, 2.45) is 4.99 Å². The van der Waals surface area contributed by atoms with Crippen molar-refractivity contribution in [2.75, 3.05) is 52.0 Å². The number of esters is 1. The molecule has 9 heteroatoms. The maximum Gasteiger partial charge on any atom is 0.307 e. The molecule has 1 saturated heterocycles. The smallest absolute Gasteiger partial charge is 0.307 e. The van der Waals surface area contributed by atoms with Gasteiger partial charge in [-0.1, -0.05) is 122 Å². The van der Waals surface area contributed by atoms with E-state index in [9.17, 15) is 9.59 Å². The first kappa shape index (κ1) is 40.7. The highest BCUT2D eigenvalue weighted by atomic mass is 32.1. The van der Waals surface area contributed by atoms with Gasteiger partial charge in [0.05, 0.1) is 16.9 Å². The van der Waals surface area contributed by atoms with Crippen molar-refractivity contribution < 1.29 is 19.1 Å². The maximum atomic E-state index is 11.8. The normalized spacial score (nSPS) is 14.3. The number of carbonyl (C=O) groups is 2. The van der Waals surface area contributed by atoms with Gasteiger partial charge in [-0.25, -0.2) is 4.99 Å². The number of likely N-dealkylation sites (N-methyl/N-ethyl adjacent to an activating group) is 1. The molecule has 0 spiro atoms. The van der Waals surface area contributed by atoms with E-state index in [0.29, 0.717) is 6.42 Å². The number of anilines is 2. The number of piperazine rings is 1. The number of amides is 1. The number of amidine groups is 1. The topological polar surface area (TPSA) is 74.7 Å². The van der Waals surface area contributed by atoms with Gasteiger partial charge in [0.1, 0.15) is 10.8 Å². The third kappa shape index (κ3) is 14.9. The van der Waals surface area contributed by atoms with Gasteiger partial charge in [-0.2, -0.15) is 0 Å². The Bertz CT molecular complexity index is 1240. The number of nitrogens with zero attached hydrogens (tertiary/aromatic N) is 4. The predicted molar refractivity (Wildman–Crippen MR) is 206 cm³/mol. The van der Waals surface area contributed by atoms with Gasteiger partial charge in [0, 0.05) is 44.6 Å². The second-order valence-electron chi connectivity index (χ2n) is 13.6. The molecule has 1 aromatic carbocycles. The van der Waals surface area contributed by atoms with Crippen LogP contribution in [0.3, 0.4) is 0 Å². The highest BCUT2D eigenvalue weighted by Gasteiger charge is 2.29. The lowest BCUT2D eigenvalue weighted by Crippen LogP contribution is -2.47. The fraction of sp³-hybridized carbons (Fsp3) is 0.675. The molecule has 2 aliphatic rings. The largest absolute Gasteiger partial charge is 0.438 e. The number of fused-ring (bicyclic) bond motifs is 2. The minimum atomic E-state index is -0.136. The van der Waals surface area contributed by atoms with Gasteiger partial charge in [-0.3, -0.25) is 14.5 Å². The Hall–Kier alpha value is -2.75. The van der Waals surface area contributed by atoms with E-state index < -0.39 is 0 Å². The molecule has 1 fully saturated rings. The Labute approximate surface area is 301 Å². The van der Waals surface area contributed by atoms with Crippen LogP contribution in [0, 0.1) is 6.92 Å². The molecule has 1 aromatic heterocycles. The molecule has 0 radical (unpaired) electrons. The fourth-order valence-electron chi connectivity index (χ4n) is 6.44. The third-order valence-corrected chi connectivity index (χ3v) is 10.4. The van der Waals surface area contributed by atoms with Crippen LogP contribution in [0.15, 0.2) is 35.3 Å². The summed E-state index contributed by atoms with van der Waals surface area (Å²) < 4.78 is 9.57. The first-order chi connectivity index (χ1) is 24.0. The molecule has 0 atom stereocenters. The van der Waals surface area contributed by atoms with Crippen LogP contribution in [0.1, 0.15) is 133 Å². The first-order valence-electron chi connectivity index (χ1n) is 19.1. The van der Waals surface area contributed by atoms with E-state index in [2.05, 4.69) is 36.8 Å². The van der Waals surface area contributed by atoms with Crippen LogP contribution in [-0.4, -0.2) is 75.1 Å². The van der Waals surface area contributed by atoms with E-state index in [-0.39, 0.29) is 12.8 Å². The highest BCUT2D eigenvalue weighted by Crippen LogP contribution is 2.43. The summed E-state index contributed by atoms with van der Waals surface area (Å²) in [6.45, 7) is 8.39. The Morgan fingerprint density at radius 2 is 1.39 bits per heavy atom. The summed E-state index contributed by atoms with van der Waals surface area (Å²) in [6, 6.07) is 10.0. The number of aryl methyl sites for hydroxylation is 1. The van der Waals surface area contributed by atoms with Crippen molar-refractivity contribution in [1.82, 2.24) is 9.80 Å². The number of hydrogen-bond acceptors (Lipinski definition) is 8. The molecule has 2 aliphatic heterocycles. The van der Waals surface area contributed by atoms with E-state index in [1.54, 1.807) is 16.2 Å². The summed E-state index contributed by atoms with van der Waals surface area (Å²) in [5.74, 6) is 0.849. The Kier molecular flexibility index (Phi) is 20.3. The standard InChI is InChI=1S/C22H44O3.C18H20N4OS/c1-3-4-5-6-7-8-9-10-11-12-13-14-15-16-17-18-19-20-22(23)25-21-24-2;1-13-11-14-17(21-9-7-20(2)8-10-21)19-15-5-3-4-6-16(15)22(12-23)18(14)24-13/h3-21H2,1-2H3;3-6,11-12H,7-10H2,1-2H3. The zero-order chi connectivity index (χ0) is 35.1. The van der Waals surface area contributed by atoms with Gasteiger partial charge in [-0.15, -0.1) is 11.3 Å². The molecule has 3 heterocycles.